The molecule has 0 radical (unpaired) electrons. The molecule has 17 heavy (non-hydrogen) atoms. The summed E-state index contributed by atoms with van der Waals surface area (Å²) in [7, 11) is 0. The Hall–Kier alpha value is -2.04. The molecule has 0 heterocycles. The van der Waals surface area contributed by atoms with Gasteiger partial charge in [-0.1, -0.05) is 6.07 Å². The molecule has 2 N–H and O–H groups in total. The molecule has 1 aliphatic rings. The van der Waals surface area contributed by atoms with E-state index in [2.05, 4.69) is 5.32 Å². The highest BCUT2D eigenvalue weighted by atomic mass is 16.5. The first-order valence-corrected chi connectivity index (χ1v) is 5.40. The number of nitrogens with one attached hydrogen (secondary N) is 1. The summed E-state index contributed by atoms with van der Waals surface area (Å²) < 4.78 is 5.00. The predicted molar refractivity (Wildman–Crippen MR) is 60.1 cm³/mol. The van der Waals surface area contributed by atoms with E-state index in [0.717, 1.165) is 12.8 Å². The Labute approximate surface area is 98.4 Å². The standard InChI is InChI=1S/C12H13NO4/c14-11(15)7-17-10-3-1-2-8(6-10)12(16)13-9-4-5-9/h1-3,6,9H,4-5,7H2,(H,13,16)(H,14,15). The summed E-state index contributed by atoms with van der Waals surface area (Å²) in [5.41, 5.74) is 0.486. The zero-order valence-electron chi connectivity index (χ0n) is 9.18. The van der Waals surface area contributed by atoms with Crippen LogP contribution in [0.4, 0.5) is 0 Å². The maximum Gasteiger partial charge on any atom is 0.341 e. The van der Waals surface area contributed by atoms with Crippen LogP contribution in [0.1, 0.15) is 23.2 Å². The number of carbonyl (C=O) groups is 2. The van der Waals surface area contributed by atoms with Crippen molar-refractivity contribution in [1.82, 2.24) is 5.32 Å². The fourth-order valence-electron chi connectivity index (χ4n) is 1.37. The Kier molecular flexibility index (Phi) is 3.27. The maximum atomic E-state index is 11.7. The van der Waals surface area contributed by atoms with Gasteiger partial charge in [0.05, 0.1) is 0 Å². The van der Waals surface area contributed by atoms with Crippen LogP contribution in [0.3, 0.4) is 0 Å². The monoisotopic (exact) mass is 235 g/mol. The van der Waals surface area contributed by atoms with Crippen molar-refractivity contribution in [2.45, 2.75) is 18.9 Å². The zero-order chi connectivity index (χ0) is 12.3. The topological polar surface area (TPSA) is 75.6 Å². The molecule has 5 nitrogen and oxygen atoms in total. The number of carbonyl (C=O) groups excluding carboxylic acids is 1. The third-order valence-corrected chi connectivity index (χ3v) is 2.37. The van der Waals surface area contributed by atoms with E-state index in [4.69, 9.17) is 9.84 Å². The summed E-state index contributed by atoms with van der Waals surface area (Å²) >= 11 is 0. The minimum atomic E-state index is -1.04. The van der Waals surface area contributed by atoms with Crippen molar-refractivity contribution in [1.29, 1.82) is 0 Å². The van der Waals surface area contributed by atoms with Crippen LogP contribution in [0.2, 0.25) is 0 Å². The summed E-state index contributed by atoms with van der Waals surface area (Å²) in [4.78, 5) is 22.0. The van der Waals surface area contributed by atoms with Crippen molar-refractivity contribution in [3.8, 4) is 5.75 Å². The molecule has 0 unspecified atom stereocenters. The molecule has 1 fully saturated rings. The third kappa shape index (κ3) is 3.48. The fourth-order valence-corrected chi connectivity index (χ4v) is 1.37. The average molecular weight is 235 g/mol. The van der Waals surface area contributed by atoms with Crippen LogP contribution in [-0.4, -0.2) is 29.6 Å². The quantitative estimate of drug-likeness (QED) is 0.799. The Morgan fingerprint density at radius 1 is 1.41 bits per heavy atom. The van der Waals surface area contributed by atoms with Crippen LogP contribution in [0.5, 0.6) is 5.75 Å². The lowest BCUT2D eigenvalue weighted by molar-refractivity contribution is -0.139. The van der Waals surface area contributed by atoms with Gasteiger partial charge in [0.25, 0.3) is 5.91 Å². The molecule has 0 aliphatic heterocycles. The molecule has 2 rings (SSSR count). The van der Waals surface area contributed by atoms with Crippen molar-refractivity contribution in [3.05, 3.63) is 29.8 Å². The first kappa shape index (κ1) is 11.4. The van der Waals surface area contributed by atoms with Crippen molar-refractivity contribution < 1.29 is 19.4 Å². The van der Waals surface area contributed by atoms with Gasteiger partial charge in [0, 0.05) is 11.6 Å². The molecule has 5 heteroatoms. The predicted octanol–water partition coefficient (Wildman–Crippen LogP) is 1.04. The van der Waals surface area contributed by atoms with E-state index in [1.54, 1.807) is 24.3 Å². The Balaban J connectivity index is 1.99. The Morgan fingerprint density at radius 2 is 2.18 bits per heavy atom. The number of rotatable bonds is 5. The van der Waals surface area contributed by atoms with Gasteiger partial charge in [-0.05, 0) is 31.0 Å². The molecule has 0 saturated heterocycles. The lowest BCUT2D eigenvalue weighted by Gasteiger charge is -2.06. The lowest BCUT2D eigenvalue weighted by atomic mass is 10.2. The van der Waals surface area contributed by atoms with E-state index in [1.807, 2.05) is 0 Å². The van der Waals surface area contributed by atoms with Gasteiger partial charge < -0.3 is 15.2 Å². The summed E-state index contributed by atoms with van der Waals surface area (Å²) in [5.74, 6) is -0.804. The first-order valence-electron chi connectivity index (χ1n) is 5.40. The normalized spacial score (nSPS) is 14.1. The maximum absolute atomic E-state index is 11.7. The Bertz CT molecular complexity index is 440. The molecular formula is C12H13NO4. The number of carboxylic acid groups (broad SMARTS) is 1. The number of aliphatic carboxylic acids is 1. The van der Waals surface area contributed by atoms with Crippen LogP contribution in [0, 0.1) is 0 Å². The molecule has 90 valence electrons. The smallest absolute Gasteiger partial charge is 0.341 e. The second-order valence-corrected chi connectivity index (χ2v) is 3.96. The van der Waals surface area contributed by atoms with Crippen LogP contribution in [0.15, 0.2) is 24.3 Å². The zero-order valence-corrected chi connectivity index (χ0v) is 9.18. The molecule has 0 bridgehead atoms. The van der Waals surface area contributed by atoms with Crippen LogP contribution in [0.25, 0.3) is 0 Å². The molecule has 1 amide bonds. The van der Waals surface area contributed by atoms with E-state index >= 15 is 0 Å². The van der Waals surface area contributed by atoms with E-state index in [0.29, 0.717) is 17.4 Å². The van der Waals surface area contributed by atoms with Gasteiger partial charge in [-0.25, -0.2) is 4.79 Å². The van der Waals surface area contributed by atoms with Crippen molar-refractivity contribution >= 4 is 11.9 Å². The van der Waals surface area contributed by atoms with E-state index in [1.165, 1.54) is 0 Å². The number of carboxylic acids is 1. The highest BCUT2D eigenvalue weighted by Crippen LogP contribution is 2.20. The number of amides is 1. The molecule has 1 aromatic rings. The average Bonchev–Trinajstić information content (AvgIpc) is 3.10. The summed E-state index contributed by atoms with van der Waals surface area (Å²) in [5, 5.41) is 11.3. The second kappa shape index (κ2) is 4.86. The molecule has 0 aromatic heterocycles. The molecule has 1 aromatic carbocycles. The summed E-state index contributed by atoms with van der Waals surface area (Å²) in [6.45, 7) is -0.409. The minimum Gasteiger partial charge on any atom is -0.482 e. The number of benzene rings is 1. The van der Waals surface area contributed by atoms with E-state index in [-0.39, 0.29) is 5.91 Å². The van der Waals surface area contributed by atoms with Crippen LogP contribution < -0.4 is 10.1 Å². The molecule has 1 aliphatic carbocycles. The fraction of sp³-hybridized carbons (Fsp3) is 0.333. The largest absolute Gasteiger partial charge is 0.482 e. The lowest BCUT2D eigenvalue weighted by Crippen LogP contribution is -2.25. The first-order chi connectivity index (χ1) is 8.15. The van der Waals surface area contributed by atoms with Gasteiger partial charge in [0.2, 0.25) is 0 Å². The van der Waals surface area contributed by atoms with Gasteiger partial charge >= 0.3 is 5.97 Å². The number of hydrogen-bond acceptors (Lipinski definition) is 3. The summed E-state index contributed by atoms with van der Waals surface area (Å²) in [6.07, 6.45) is 2.06. The molecule has 0 spiro atoms. The Morgan fingerprint density at radius 3 is 2.82 bits per heavy atom. The van der Waals surface area contributed by atoms with Gasteiger partial charge in [-0.3, -0.25) is 4.79 Å². The minimum absolute atomic E-state index is 0.145. The van der Waals surface area contributed by atoms with Gasteiger partial charge in [-0.15, -0.1) is 0 Å². The molecular weight excluding hydrogens is 222 g/mol. The van der Waals surface area contributed by atoms with Crippen molar-refractivity contribution in [3.63, 3.8) is 0 Å². The SMILES string of the molecule is O=C(O)COc1cccc(C(=O)NC2CC2)c1. The number of ether oxygens (including phenoxy) is 1. The van der Waals surface area contributed by atoms with Crippen LogP contribution >= 0.6 is 0 Å². The van der Waals surface area contributed by atoms with E-state index < -0.39 is 12.6 Å². The number of hydrogen-bond donors (Lipinski definition) is 2. The third-order valence-electron chi connectivity index (χ3n) is 2.37. The summed E-state index contributed by atoms with van der Waals surface area (Å²) in [6, 6.07) is 6.80. The van der Waals surface area contributed by atoms with E-state index in [9.17, 15) is 9.59 Å². The van der Waals surface area contributed by atoms with Crippen molar-refractivity contribution in [2.75, 3.05) is 6.61 Å². The van der Waals surface area contributed by atoms with Gasteiger partial charge in [0.15, 0.2) is 6.61 Å². The van der Waals surface area contributed by atoms with Crippen molar-refractivity contribution in [2.24, 2.45) is 0 Å². The second-order valence-electron chi connectivity index (χ2n) is 3.96. The highest BCUT2D eigenvalue weighted by Gasteiger charge is 2.23. The van der Waals surface area contributed by atoms with Gasteiger partial charge in [0.1, 0.15) is 5.75 Å². The molecule has 1 saturated carbocycles. The molecule has 0 atom stereocenters. The van der Waals surface area contributed by atoms with Gasteiger partial charge in [-0.2, -0.15) is 0 Å². The highest BCUT2D eigenvalue weighted by molar-refractivity contribution is 5.94. The van der Waals surface area contributed by atoms with Crippen LogP contribution in [-0.2, 0) is 4.79 Å².